The van der Waals surface area contributed by atoms with Crippen LogP contribution >= 0.6 is 23.1 Å². The molecule has 106 valence electrons. The lowest BCUT2D eigenvalue weighted by molar-refractivity contribution is 0.449. The predicted molar refractivity (Wildman–Crippen MR) is 87.6 cm³/mol. The van der Waals surface area contributed by atoms with Crippen LogP contribution in [-0.2, 0) is 6.42 Å². The molecular formula is C16H20N2S2. The van der Waals surface area contributed by atoms with Crippen molar-refractivity contribution in [2.75, 3.05) is 5.75 Å². The van der Waals surface area contributed by atoms with Crippen molar-refractivity contribution in [3.8, 4) is 0 Å². The van der Waals surface area contributed by atoms with Crippen LogP contribution in [0.2, 0.25) is 0 Å². The number of aromatic nitrogens is 1. The molecule has 1 N–H and O–H groups in total. The summed E-state index contributed by atoms with van der Waals surface area (Å²) in [6, 6.07) is 9.54. The summed E-state index contributed by atoms with van der Waals surface area (Å²) < 4.78 is 0. The second kappa shape index (κ2) is 6.29. The zero-order valence-electron chi connectivity index (χ0n) is 11.9. The molecule has 0 radical (unpaired) electrons. The molecule has 1 aromatic carbocycles. The van der Waals surface area contributed by atoms with Crippen molar-refractivity contribution in [1.82, 2.24) is 10.3 Å². The van der Waals surface area contributed by atoms with Crippen LogP contribution in [0.4, 0.5) is 0 Å². The molecule has 0 spiro atoms. The minimum Gasteiger partial charge on any atom is -0.301 e. The molecule has 0 amide bonds. The molecule has 1 aliphatic rings. The number of thioether (sulfide) groups is 1. The minimum absolute atomic E-state index is 0.321. The van der Waals surface area contributed by atoms with Gasteiger partial charge in [-0.25, -0.2) is 4.98 Å². The smallest absolute Gasteiger partial charge is 0.109 e. The standard InChI is InChI=1S/C16H20N2S2/c1-3-12-10-17-16(20-12)11(2)18-14-8-9-19-15-7-5-4-6-13(14)15/h4-7,10-11,14,18H,3,8-9H2,1-2H3. The van der Waals surface area contributed by atoms with E-state index in [-0.39, 0.29) is 0 Å². The molecule has 1 aliphatic heterocycles. The lowest BCUT2D eigenvalue weighted by Gasteiger charge is -2.28. The third kappa shape index (κ3) is 2.92. The topological polar surface area (TPSA) is 24.9 Å². The van der Waals surface area contributed by atoms with Gasteiger partial charge < -0.3 is 5.32 Å². The van der Waals surface area contributed by atoms with E-state index in [4.69, 9.17) is 0 Å². The number of rotatable bonds is 4. The number of thiazole rings is 1. The first-order valence-electron chi connectivity index (χ1n) is 7.20. The van der Waals surface area contributed by atoms with Gasteiger partial charge in [0.15, 0.2) is 0 Å². The molecule has 0 fully saturated rings. The van der Waals surface area contributed by atoms with Gasteiger partial charge in [0.2, 0.25) is 0 Å². The maximum Gasteiger partial charge on any atom is 0.109 e. The Labute approximate surface area is 129 Å². The number of nitrogens with zero attached hydrogens (tertiary/aromatic N) is 1. The Hall–Kier alpha value is -0.840. The van der Waals surface area contributed by atoms with E-state index < -0.39 is 0 Å². The Kier molecular flexibility index (Phi) is 4.44. The van der Waals surface area contributed by atoms with Gasteiger partial charge in [0.1, 0.15) is 5.01 Å². The van der Waals surface area contributed by atoms with Gasteiger partial charge in [-0.15, -0.1) is 23.1 Å². The van der Waals surface area contributed by atoms with Crippen LogP contribution < -0.4 is 5.32 Å². The van der Waals surface area contributed by atoms with Gasteiger partial charge in [-0.05, 0) is 37.1 Å². The summed E-state index contributed by atoms with van der Waals surface area (Å²) in [5.41, 5.74) is 1.45. The van der Waals surface area contributed by atoms with Gasteiger partial charge in [0.25, 0.3) is 0 Å². The van der Waals surface area contributed by atoms with Gasteiger partial charge in [-0.2, -0.15) is 0 Å². The van der Waals surface area contributed by atoms with Crippen molar-refractivity contribution in [1.29, 1.82) is 0 Å². The van der Waals surface area contributed by atoms with E-state index in [1.807, 2.05) is 29.3 Å². The lowest BCUT2D eigenvalue weighted by atomic mass is 10.0. The van der Waals surface area contributed by atoms with Crippen molar-refractivity contribution < 1.29 is 0 Å². The van der Waals surface area contributed by atoms with E-state index >= 15 is 0 Å². The number of fused-ring (bicyclic) bond motifs is 1. The van der Waals surface area contributed by atoms with E-state index in [0.29, 0.717) is 12.1 Å². The maximum absolute atomic E-state index is 4.56. The van der Waals surface area contributed by atoms with E-state index in [1.165, 1.54) is 32.5 Å². The van der Waals surface area contributed by atoms with E-state index in [9.17, 15) is 0 Å². The SMILES string of the molecule is CCc1cnc(C(C)NC2CCSc3ccccc32)s1. The average molecular weight is 304 g/mol. The largest absolute Gasteiger partial charge is 0.301 e. The Morgan fingerprint density at radius 3 is 3.05 bits per heavy atom. The molecule has 0 bridgehead atoms. The van der Waals surface area contributed by atoms with Crippen LogP contribution in [0.15, 0.2) is 35.4 Å². The average Bonchev–Trinajstić information content (AvgIpc) is 2.97. The van der Waals surface area contributed by atoms with E-state index in [0.717, 1.165) is 6.42 Å². The Bertz CT molecular complexity index is 579. The highest BCUT2D eigenvalue weighted by molar-refractivity contribution is 7.99. The van der Waals surface area contributed by atoms with Crippen LogP contribution in [0.1, 0.15) is 47.8 Å². The van der Waals surface area contributed by atoms with Crippen LogP contribution in [-0.4, -0.2) is 10.7 Å². The quantitative estimate of drug-likeness (QED) is 0.894. The molecule has 4 heteroatoms. The number of benzene rings is 1. The third-order valence-corrected chi connectivity index (χ3v) is 6.15. The van der Waals surface area contributed by atoms with Crippen LogP contribution in [0.3, 0.4) is 0 Å². The molecule has 0 saturated carbocycles. The Morgan fingerprint density at radius 2 is 2.25 bits per heavy atom. The van der Waals surface area contributed by atoms with Crippen LogP contribution in [0.25, 0.3) is 0 Å². The fourth-order valence-electron chi connectivity index (χ4n) is 2.57. The molecule has 2 heterocycles. The zero-order valence-corrected chi connectivity index (χ0v) is 13.6. The molecule has 1 aromatic heterocycles. The van der Waals surface area contributed by atoms with E-state index in [1.54, 1.807) is 0 Å². The highest BCUT2D eigenvalue weighted by Crippen LogP contribution is 2.37. The molecule has 0 aliphatic carbocycles. The molecule has 0 saturated heterocycles. The molecule has 20 heavy (non-hydrogen) atoms. The van der Waals surface area contributed by atoms with Crippen molar-refractivity contribution >= 4 is 23.1 Å². The number of hydrogen-bond acceptors (Lipinski definition) is 4. The lowest BCUT2D eigenvalue weighted by Crippen LogP contribution is -2.27. The minimum atomic E-state index is 0.321. The maximum atomic E-state index is 4.56. The monoisotopic (exact) mass is 304 g/mol. The van der Waals surface area contributed by atoms with Crippen molar-refractivity contribution in [2.24, 2.45) is 0 Å². The summed E-state index contributed by atoms with van der Waals surface area (Å²) in [6.07, 6.45) is 4.29. The second-order valence-electron chi connectivity index (χ2n) is 5.13. The predicted octanol–water partition coefficient (Wildman–Crippen LogP) is 4.59. The van der Waals surface area contributed by atoms with E-state index in [2.05, 4.69) is 48.4 Å². The van der Waals surface area contributed by atoms with Gasteiger partial charge in [0.05, 0.1) is 6.04 Å². The summed E-state index contributed by atoms with van der Waals surface area (Å²) in [5.74, 6) is 1.19. The summed E-state index contributed by atoms with van der Waals surface area (Å²) in [7, 11) is 0. The normalized spacial score (nSPS) is 19.6. The summed E-state index contributed by atoms with van der Waals surface area (Å²) >= 11 is 3.80. The first kappa shape index (κ1) is 14.1. The van der Waals surface area contributed by atoms with Gasteiger partial charge in [0, 0.05) is 22.0 Å². The number of aryl methyl sites for hydroxylation is 1. The Morgan fingerprint density at radius 1 is 1.40 bits per heavy atom. The molecular weight excluding hydrogens is 284 g/mol. The summed E-state index contributed by atoms with van der Waals surface area (Å²) in [6.45, 7) is 4.41. The molecule has 2 atom stereocenters. The van der Waals surface area contributed by atoms with Crippen LogP contribution in [0, 0.1) is 0 Å². The highest BCUT2D eigenvalue weighted by Gasteiger charge is 2.22. The highest BCUT2D eigenvalue weighted by atomic mass is 32.2. The molecule has 2 nitrogen and oxygen atoms in total. The fourth-order valence-corrected chi connectivity index (χ4v) is 4.57. The van der Waals surface area contributed by atoms with Gasteiger partial charge in [-0.1, -0.05) is 25.1 Å². The molecule has 2 unspecified atom stereocenters. The summed E-state index contributed by atoms with van der Waals surface area (Å²) in [4.78, 5) is 7.36. The fraction of sp³-hybridized carbons (Fsp3) is 0.438. The first-order valence-corrected chi connectivity index (χ1v) is 9.00. The zero-order chi connectivity index (χ0) is 13.9. The first-order chi connectivity index (χ1) is 9.78. The number of hydrogen-bond donors (Lipinski definition) is 1. The van der Waals surface area contributed by atoms with Crippen molar-refractivity contribution in [3.63, 3.8) is 0 Å². The number of nitrogens with one attached hydrogen (secondary N) is 1. The van der Waals surface area contributed by atoms with Crippen molar-refractivity contribution in [3.05, 3.63) is 45.9 Å². The summed E-state index contributed by atoms with van der Waals surface area (Å²) in [5, 5.41) is 4.97. The molecule has 2 aromatic rings. The third-order valence-electron chi connectivity index (χ3n) is 3.70. The van der Waals surface area contributed by atoms with Gasteiger partial charge in [-0.3, -0.25) is 0 Å². The van der Waals surface area contributed by atoms with Crippen molar-refractivity contribution in [2.45, 2.75) is 43.7 Å². The second-order valence-corrected chi connectivity index (χ2v) is 7.42. The van der Waals surface area contributed by atoms with Crippen LogP contribution in [0.5, 0.6) is 0 Å². The van der Waals surface area contributed by atoms with Gasteiger partial charge >= 0.3 is 0 Å². The molecule has 3 rings (SSSR count). The Balaban J connectivity index is 1.75.